The van der Waals surface area contributed by atoms with E-state index in [4.69, 9.17) is 10.5 Å². The lowest BCUT2D eigenvalue weighted by Gasteiger charge is -2.18. The quantitative estimate of drug-likeness (QED) is 0.714. The summed E-state index contributed by atoms with van der Waals surface area (Å²) in [6.07, 6.45) is 2.14. The van der Waals surface area contributed by atoms with Gasteiger partial charge in [0.15, 0.2) is 0 Å². The third-order valence-corrected chi connectivity index (χ3v) is 2.64. The SMILES string of the molecule is COc1cccc(CNCCCC(C)(C)N)c1. The van der Waals surface area contributed by atoms with E-state index in [0.29, 0.717) is 0 Å². The minimum Gasteiger partial charge on any atom is -0.497 e. The second-order valence-electron chi connectivity index (χ2n) is 5.12. The van der Waals surface area contributed by atoms with E-state index in [0.717, 1.165) is 31.7 Å². The first-order valence-corrected chi connectivity index (χ1v) is 6.14. The van der Waals surface area contributed by atoms with Gasteiger partial charge in [0, 0.05) is 12.1 Å². The summed E-state index contributed by atoms with van der Waals surface area (Å²) in [5, 5.41) is 3.41. The fourth-order valence-corrected chi connectivity index (χ4v) is 1.68. The second kappa shape index (κ2) is 6.62. The summed E-state index contributed by atoms with van der Waals surface area (Å²) in [4.78, 5) is 0. The zero-order valence-corrected chi connectivity index (χ0v) is 11.1. The number of hydrogen-bond acceptors (Lipinski definition) is 3. The van der Waals surface area contributed by atoms with Gasteiger partial charge in [0.05, 0.1) is 7.11 Å². The van der Waals surface area contributed by atoms with E-state index in [1.54, 1.807) is 7.11 Å². The highest BCUT2D eigenvalue weighted by molar-refractivity contribution is 5.28. The summed E-state index contributed by atoms with van der Waals surface area (Å²) in [7, 11) is 1.69. The molecule has 0 aromatic heterocycles. The van der Waals surface area contributed by atoms with Crippen molar-refractivity contribution >= 4 is 0 Å². The standard InChI is InChI=1S/C14H24N2O/c1-14(2,15)8-5-9-16-11-12-6-4-7-13(10-12)17-3/h4,6-7,10,16H,5,8-9,11,15H2,1-3H3. The van der Waals surface area contributed by atoms with Gasteiger partial charge in [0.25, 0.3) is 0 Å². The van der Waals surface area contributed by atoms with E-state index in [2.05, 4.69) is 31.3 Å². The highest BCUT2D eigenvalue weighted by atomic mass is 16.5. The predicted molar refractivity (Wildman–Crippen MR) is 72.2 cm³/mol. The fraction of sp³-hybridized carbons (Fsp3) is 0.571. The van der Waals surface area contributed by atoms with Crippen molar-refractivity contribution in [1.82, 2.24) is 5.32 Å². The summed E-state index contributed by atoms with van der Waals surface area (Å²) in [6.45, 7) is 6.00. The largest absolute Gasteiger partial charge is 0.497 e. The van der Waals surface area contributed by atoms with E-state index >= 15 is 0 Å². The second-order valence-corrected chi connectivity index (χ2v) is 5.12. The molecule has 0 aliphatic carbocycles. The lowest BCUT2D eigenvalue weighted by Crippen LogP contribution is -2.32. The Morgan fingerprint density at radius 3 is 2.76 bits per heavy atom. The molecule has 0 heterocycles. The third kappa shape index (κ3) is 6.29. The van der Waals surface area contributed by atoms with Crippen LogP contribution in [0, 0.1) is 0 Å². The molecule has 0 aliphatic rings. The average molecular weight is 236 g/mol. The number of ether oxygens (including phenoxy) is 1. The van der Waals surface area contributed by atoms with Gasteiger partial charge in [-0.1, -0.05) is 12.1 Å². The molecule has 0 saturated heterocycles. The van der Waals surface area contributed by atoms with Crippen LogP contribution in [0.2, 0.25) is 0 Å². The smallest absolute Gasteiger partial charge is 0.119 e. The van der Waals surface area contributed by atoms with Gasteiger partial charge >= 0.3 is 0 Å². The molecule has 0 unspecified atom stereocenters. The van der Waals surface area contributed by atoms with Crippen molar-refractivity contribution in [2.24, 2.45) is 5.73 Å². The number of nitrogens with one attached hydrogen (secondary N) is 1. The molecule has 17 heavy (non-hydrogen) atoms. The third-order valence-electron chi connectivity index (χ3n) is 2.64. The van der Waals surface area contributed by atoms with Crippen molar-refractivity contribution in [3.05, 3.63) is 29.8 Å². The lowest BCUT2D eigenvalue weighted by atomic mass is 10.0. The number of nitrogens with two attached hydrogens (primary N) is 1. The first-order chi connectivity index (χ1) is 8.01. The normalized spacial score (nSPS) is 11.5. The van der Waals surface area contributed by atoms with E-state index in [9.17, 15) is 0 Å². The van der Waals surface area contributed by atoms with Crippen molar-refractivity contribution in [3.8, 4) is 5.75 Å². The van der Waals surface area contributed by atoms with Crippen LogP contribution in [0.5, 0.6) is 5.75 Å². The minimum atomic E-state index is -0.0579. The van der Waals surface area contributed by atoms with Gasteiger partial charge in [-0.15, -0.1) is 0 Å². The van der Waals surface area contributed by atoms with Crippen LogP contribution in [0.1, 0.15) is 32.3 Å². The maximum Gasteiger partial charge on any atom is 0.119 e. The molecule has 1 rings (SSSR count). The Labute approximate surface area is 104 Å². The molecule has 1 aromatic carbocycles. The lowest BCUT2D eigenvalue weighted by molar-refractivity contribution is 0.414. The molecule has 0 saturated carbocycles. The molecule has 0 amide bonds. The van der Waals surface area contributed by atoms with E-state index in [1.807, 2.05) is 12.1 Å². The molecule has 3 heteroatoms. The van der Waals surface area contributed by atoms with Gasteiger partial charge < -0.3 is 15.8 Å². The highest BCUT2D eigenvalue weighted by Gasteiger charge is 2.08. The van der Waals surface area contributed by atoms with Crippen LogP contribution >= 0.6 is 0 Å². The van der Waals surface area contributed by atoms with Gasteiger partial charge in [0.2, 0.25) is 0 Å². The fourth-order valence-electron chi connectivity index (χ4n) is 1.68. The Kier molecular flexibility index (Phi) is 5.45. The van der Waals surface area contributed by atoms with Gasteiger partial charge in [-0.2, -0.15) is 0 Å². The van der Waals surface area contributed by atoms with Crippen LogP contribution < -0.4 is 15.8 Å². The topological polar surface area (TPSA) is 47.3 Å². The molecule has 3 nitrogen and oxygen atoms in total. The summed E-state index contributed by atoms with van der Waals surface area (Å²) in [5.41, 5.74) is 7.11. The molecule has 0 radical (unpaired) electrons. The Balaban J connectivity index is 2.22. The molecular weight excluding hydrogens is 212 g/mol. The molecule has 0 aliphatic heterocycles. The van der Waals surface area contributed by atoms with Crippen LogP contribution in [-0.2, 0) is 6.54 Å². The maximum atomic E-state index is 5.92. The summed E-state index contributed by atoms with van der Waals surface area (Å²) >= 11 is 0. The maximum absolute atomic E-state index is 5.92. The van der Waals surface area contributed by atoms with Crippen LogP contribution in [-0.4, -0.2) is 19.2 Å². The first-order valence-electron chi connectivity index (χ1n) is 6.14. The van der Waals surface area contributed by atoms with E-state index < -0.39 is 0 Å². The monoisotopic (exact) mass is 236 g/mol. The Bertz CT molecular complexity index is 331. The minimum absolute atomic E-state index is 0.0579. The first kappa shape index (κ1) is 14.0. The number of rotatable bonds is 7. The van der Waals surface area contributed by atoms with Crippen LogP contribution in [0.4, 0.5) is 0 Å². The molecule has 3 N–H and O–H groups in total. The summed E-state index contributed by atoms with van der Waals surface area (Å²) in [6, 6.07) is 8.13. The molecule has 1 aromatic rings. The van der Waals surface area contributed by atoms with Gasteiger partial charge in [-0.05, 0) is 50.9 Å². The Hall–Kier alpha value is -1.06. The number of benzene rings is 1. The number of methoxy groups -OCH3 is 1. The molecule has 0 spiro atoms. The van der Waals surface area contributed by atoms with Crippen molar-refractivity contribution in [3.63, 3.8) is 0 Å². The van der Waals surface area contributed by atoms with Gasteiger partial charge in [-0.25, -0.2) is 0 Å². The van der Waals surface area contributed by atoms with Crippen LogP contribution in [0.25, 0.3) is 0 Å². The molecular formula is C14H24N2O. The van der Waals surface area contributed by atoms with E-state index in [1.165, 1.54) is 5.56 Å². The van der Waals surface area contributed by atoms with Gasteiger partial charge in [0.1, 0.15) is 5.75 Å². The van der Waals surface area contributed by atoms with Crippen molar-refractivity contribution in [2.75, 3.05) is 13.7 Å². The zero-order chi connectivity index (χ0) is 12.7. The highest BCUT2D eigenvalue weighted by Crippen LogP contribution is 2.12. The van der Waals surface area contributed by atoms with E-state index in [-0.39, 0.29) is 5.54 Å². The molecule has 96 valence electrons. The van der Waals surface area contributed by atoms with Crippen molar-refractivity contribution in [2.45, 2.75) is 38.8 Å². The van der Waals surface area contributed by atoms with Crippen molar-refractivity contribution < 1.29 is 4.74 Å². The molecule has 0 bridgehead atoms. The average Bonchev–Trinajstić information content (AvgIpc) is 2.27. The van der Waals surface area contributed by atoms with Crippen molar-refractivity contribution in [1.29, 1.82) is 0 Å². The molecule has 0 atom stereocenters. The van der Waals surface area contributed by atoms with Crippen LogP contribution in [0.3, 0.4) is 0 Å². The number of hydrogen-bond donors (Lipinski definition) is 2. The summed E-state index contributed by atoms with van der Waals surface area (Å²) in [5.74, 6) is 0.910. The van der Waals surface area contributed by atoms with Crippen LogP contribution in [0.15, 0.2) is 24.3 Å². The van der Waals surface area contributed by atoms with Gasteiger partial charge in [-0.3, -0.25) is 0 Å². The zero-order valence-electron chi connectivity index (χ0n) is 11.1. The molecule has 0 fully saturated rings. The summed E-state index contributed by atoms with van der Waals surface area (Å²) < 4.78 is 5.18. The Morgan fingerprint density at radius 2 is 2.12 bits per heavy atom. The Morgan fingerprint density at radius 1 is 1.35 bits per heavy atom. The predicted octanol–water partition coefficient (Wildman–Crippen LogP) is 2.30.